The first-order valence-corrected chi connectivity index (χ1v) is 6.45. The van der Waals surface area contributed by atoms with Gasteiger partial charge in [-0.25, -0.2) is 0 Å². The summed E-state index contributed by atoms with van der Waals surface area (Å²) in [6.45, 7) is 7.85. The number of likely N-dealkylation sites (tertiary alicyclic amines) is 1. The second-order valence-electron chi connectivity index (χ2n) is 4.93. The van der Waals surface area contributed by atoms with Crippen LogP contribution < -0.4 is 0 Å². The van der Waals surface area contributed by atoms with Crippen molar-refractivity contribution in [2.24, 2.45) is 0 Å². The predicted octanol–water partition coefficient (Wildman–Crippen LogP) is 3.60. The first-order chi connectivity index (χ1) is 7.59. The van der Waals surface area contributed by atoms with Crippen molar-refractivity contribution in [3.05, 3.63) is 28.0 Å². The molecule has 1 aromatic rings. The maximum atomic E-state index is 5.20. The Balaban J connectivity index is 2.29. The molecule has 1 atom stereocenters. The first kappa shape index (κ1) is 11.8. The lowest BCUT2D eigenvalue weighted by molar-refractivity contribution is 0.205. The minimum absolute atomic E-state index is 0.575. The highest BCUT2D eigenvalue weighted by molar-refractivity contribution is 7.71. The molecular weight excluding hydrogens is 216 g/mol. The third kappa shape index (κ3) is 2.20. The molecule has 0 unspecified atom stereocenters. The highest BCUT2D eigenvalue weighted by Crippen LogP contribution is 2.33. The second-order valence-corrected chi connectivity index (χ2v) is 5.34. The van der Waals surface area contributed by atoms with Crippen molar-refractivity contribution in [1.29, 1.82) is 0 Å². The van der Waals surface area contributed by atoms with Gasteiger partial charge in [0.2, 0.25) is 0 Å². The van der Waals surface area contributed by atoms with Crippen LogP contribution in [-0.4, -0.2) is 22.5 Å². The van der Waals surface area contributed by atoms with Crippen molar-refractivity contribution in [3.63, 3.8) is 0 Å². The topological polar surface area (TPSA) is 19.0 Å². The van der Waals surface area contributed by atoms with E-state index in [4.69, 9.17) is 12.2 Å². The Bertz CT molecular complexity index is 422. The van der Waals surface area contributed by atoms with E-state index in [1.54, 1.807) is 0 Å². The van der Waals surface area contributed by atoms with Crippen molar-refractivity contribution < 1.29 is 0 Å². The summed E-state index contributed by atoms with van der Waals surface area (Å²) in [4.78, 5) is 5.77. The van der Waals surface area contributed by atoms with Crippen molar-refractivity contribution in [3.8, 4) is 0 Å². The Morgan fingerprint density at radius 2 is 2.25 bits per heavy atom. The first-order valence-electron chi connectivity index (χ1n) is 6.04. The van der Waals surface area contributed by atoms with Crippen LogP contribution in [0.15, 0.2) is 12.3 Å². The molecule has 0 amide bonds. The lowest BCUT2D eigenvalue weighted by Gasteiger charge is -2.28. The number of rotatable bonds is 2. The van der Waals surface area contributed by atoms with Crippen LogP contribution in [0.1, 0.15) is 43.9 Å². The summed E-state index contributed by atoms with van der Waals surface area (Å²) in [6.07, 6.45) is 4.65. The van der Waals surface area contributed by atoms with Gasteiger partial charge in [0.1, 0.15) is 4.64 Å². The van der Waals surface area contributed by atoms with E-state index in [-0.39, 0.29) is 0 Å². The molecule has 2 nitrogen and oxygen atoms in total. The smallest absolute Gasteiger partial charge is 0.106 e. The second kappa shape index (κ2) is 4.68. The average molecular weight is 236 g/mol. The number of hydrogen-bond acceptors (Lipinski definition) is 2. The average Bonchev–Trinajstić information content (AvgIpc) is 2.71. The standard InChI is InChI=1S/C13H20N2S/c1-9(2)15-6-4-5-12(15)11-7-10(3)13(16)14-8-11/h7-9,12H,4-6H2,1-3H3,(H,14,16)/t12-/m0/s1. The molecule has 1 aliphatic heterocycles. The number of pyridine rings is 1. The molecule has 0 aromatic carbocycles. The molecule has 16 heavy (non-hydrogen) atoms. The number of aryl methyl sites for hydroxylation is 1. The van der Waals surface area contributed by atoms with Gasteiger partial charge in [-0.3, -0.25) is 4.90 Å². The number of aromatic amines is 1. The maximum absolute atomic E-state index is 5.20. The van der Waals surface area contributed by atoms with Crippen LogP contribution in [0.25, 0.3) is 0 Å². The number of hydrogen-bond donors (Lipinski definition) is 1. The van der Waals surface area contributed by atoms with Crippen LogP contribution in [0.2, 0.25) is 0 Å². The van der Waals surface area contributed by atoms with Crippen LogP contribution >= 0.6 is 12.2 Å². The molecule has 0 bridgehead atoms. The Morgan fingerprint density at radius 3 is 2.88 bits per heavy atom. The summed E-state index contributed by atoms with van der Waals surface area (Å²) in [5, 5.41) is 0. The zero-order valence-corrected chi connectivity index (χ0v) is 11.1. The number of aromatic nitrogens is 1. The zero-order chi connectivity index (χ0) is 11.7. The summed E-state index contributed by atoms with van der Waals surface area (Å²) in [5.74, 6) is 0. The molecule has 1 fully saturated rings. The van der Waals surface area contributed by atoms with Gasteiger partial charge in [0, 0.05) is 18.3 Å². The van der Waals surface area contributed by atoms with Gasteiger partial charge in [0.05, 0.1) is 0 Å². The van der Waals surface area contributed by atoms with Gasteiger partial charge in [-0.15, -0.1) is 0 Å². The summed E-state index contributed by atoms with van der Waals surface area (Å²) in [5.41, 5.74) is 2.57. The molecule has 2 heterocycles. The summed E-state index contributed by atoms with van der Waals surface area (Å²) < 4.78 is 0.859. The fraction of sp³-hybridized carbons (Fsp3) is 0.615. The molecule has 0 aliphatic carbocycles. The highest BCUT2D eigenvalue weighted by atomic mass is 32.1. The van der Waals surface area contributed by atoms with Crippen LogP contribution in [0.4, 0.5) is 0 Å². The third-order valence-corrected chi connectivity index (χ3v) is 3.89. The molecule has 0 spiro atoms. The van der Waals surface area contributed by atoms with Crippen molar-refractivity contribution in [1.82, 2.24) is 9.88 Å². The van der Waals surface area contributed by atoms with Gasteiger partial charge in [-0.2, -0.15) is 0 Å². The molecule has 1 saturated heterocycles. The molecule has 3 heteroatoms. The highest BCUT2D eigenvalue weighted by Gasteiger charge is 2.27. The van der Waals surface area contributed by atoms with Gasteiger partial charge < -0.3 is 4.98 Å². The summed E-state index contributed by atoms with van der Waals surface area (Å²) in [6, 6.07) is 3.44. The van der Waals surface area contributed by atoms with Gasteiger partial charge in [0.25, 0.3) is 0 Å². The minimum Gasteiger partial charge on any atom is -0.352 e. The Hall–Kier alpha value is -0.670. The molecule has 2 rings (SSSR count). The fourth-order valence-corrected chi connectivity index (χ4v) is 2.70. The summed E-state index contributed by atoms with van der Waals surface area (Å²) >= 11 is 5.20. The largest absolute Gasteiger partial charge is 0.352 e. The number of nitrogens with one attached hydrogen (secondary N) is 1. The van der Waals surface area contributed by atoms with E-state index in [0.717, 1.165) is 4.64 Å². The Morgan fingerprint density at radius 1 is 1.50 bits per heavy atom. The van der Waals surface area contributed by atoms with E-state index in [1.807, 2.05) is 0 Å². The molecule has 0 saturated carbocycles. The van der Waals surface area contributed by atoms with Crippen LogP contribution in [0.5, 0.6) is 0 Å². The van der Waals surface area contributed by atoms with Crippen molar-refractivity contribution in [2.45, 2.75) is 45.7 Å². The molecule has 1 N–H and O–H groups in total. The number of H-pyrrole nitrogens is 1. The van der Waals surface area contributed by atoms with E-state index in [9.17, 15) is 0 Å². The van der Waals surface area contributed by atoms with Crippen LogP contribution in [-0.2, 0) is 0 Å². The number of nitrogens with zero attached hydrogens (tertiary/aromatic N) is 1. The monoisotopic (exact) mass is 236 g/mol. The van der Waals surface area contributed by atoms with Crippen LogP contribution in [0, 0.1) is 11.6 Å². The fourth-order valence-electron chi connectivity index (χ4n) is 2.58. The Labute approximate surface area is 103 Å². The maximum Gasteiger partial charge on any atom is 0.106 e. The zero-order valence-electron chi connectivity index (χ0n) is 10.3. The lowest BCUT2D eigenvalue weighted by Crippen LogP contribution is -2.30. The van der Waals surface area contributed by atoms with E-state index < -0.39 is 0 Å². The molecule has 1 aromatic heterocycles. The van der Waals surface area contributed by atoms with E-state index in [2.05, 4.69) is 42.9 Å². The lowest BCUT2D eigenvalue weighted by atomic mass is 10.0. The van der Waals surface area contributed by atoms with Gasteiger partial charge in [-0.1, -0.05) is 18.3 Å². The van der Waals surface area contributed by atoms with E-state index in [1.165, 1.54) is 30.5 Å². The van der Waals surface area contributed by atoms with Crippen molar-refractivity contribution in [2.75, 3.05) is 6.54 Å². The molecular formula is C13H20N2S. The third-order valence-electron chi connectivity index (χ3n) is 3.45. The van der Waals surface area contributed by atoms with Gasteiger partial charge in [0.15, 0.2) is 0 Å². The quantitative estimate of drug-likeness (QED) is 0.791. The van der Waals surface area contributed by atoms with Crippen molar-refractivity contribution >= 4 is 12.2 Å². The molecule has 1 aliphatic rings. The summed E-state index contributed by atoms with van der Waals surface area (Å²) in [7, 11) is 0. The Kier molecular flexibility index (Phi) is 3.45. The minimum atomic E-state index is 0.575. The van der Waals surface area contributed by atoms with E-state index >= 15 is 0 Å². The molecule has 88 valence electrons. The molecule has 0 radical (unpaired) electrons. The van der Waals surface area contributed by atoms with E-state index in [0.29, 0.717) is 12.1 Å². The van der Waals surface area contributed by atoms with Gasteiger partial charge in [-0.05, 0) is 51.3 Å². The van der Waals surface area contributed by atoms with Crippen LogP contribution in [0.3, 0.4) is 0 Å². The predicted molar refractivity (Wildman–Crippen MR) is 70.2 cm³/mol. The SMILES string of the molecule is Cc1cc([C@@H]2CCCN2C(C)C)c[nH]c1=S. The van der Waals surface area contributed by atoms with Gasteiger partial charge >= 0.3 is 0 Å². The normalized spacial score (nSPS) is 21.9.